The van der Waals surface area contributed by atoms with Crippen LogP contribution < -0.4 is 9.47 Å². The van der Waals surface area contributed by atoms with Gasteiger partial charge in [-0.05, 0) is 35.2 Å². The van der Waals surface area contributed by atoms with Crippen molar-refractivity contribution in [2.24, 2.45) is 0 Å². The monoisotopic (exact) mass is 349 g/mol. The van der Waals surface area contributed by atoms with Crippen molar-refractivity contribution in [3.8, 4) is 11.5 Å². The van der Waals surface area contributed by atoms with Gasteiger partial charge in [-0.2, -0.15) is 0 Å². The first-order chi connectivity index (χ1) is 12.7. The van der Waals surface area contributed by atoms with Crippen LogP contribution in [0.4, 0.5) is 0 Å². The molecule has 0 spiro atoms. The van der Waals surface area contributed by atoms with Crippen molar-refractivity contribution in [2.75, 3.05) is 14.2 Å². The predicted octanol–water partition coefficient (Wildman–Crippen LogP) is 4.54. The highest BCUT2D eigenvalue weighted by Gasteiger charge is 2.18. The van der Waals surface area contributed by atoms with Crippen molar-refractivity contribution in [1.82, 2.24) is 4.98 Å². The summed E-state index contributed by atoms with van der Waals surface area (Å²) in [5, 5.41) is 1.05. The quantitative estimate of drug-likeness (QED) is 0.588. The summed E-state index contributed by atoms with van der Waals surface area (Å²) in [5.41, 5.74) is 4.31. The van der Waals surface area contributed by atoms with Crippen LogP contribution in [0.25, 0.3) is 10.9 Å². The van der Waals surface area contributed by atoms with Crippen molar-refractivity contribution < 1.29 is 14.3 Å². The first-order valence-electron chi connectivity index (χ1n) is 8.74. The molecule has 0 fully saturated rings. The molecule has 0 saturated heterocycles. The molecule has 4 nitrogen and oxygen atoms in total. The maximum Gasteiger partial charge on any atom is 0.162 e. The standard InChI is InChI=1S/C22H23NO3/c1-4-17(16-7-5-6-15(12-16)9-11-24)18-8-10-23-20-14-22(26-3)21(25-2)13-19(18)20/h5-8,10-14,17H,4,9H2,1-3H3. The number of rotatable bonds is 7. The van der Waals surface area contributed by atoms with Crippen molar-refractivity contribution in [3.63, 3.8) is 0 Å². The van der Waals surface area contributed by atoms with Crippen LogP contribution in [0.2, 0.25) is 0 Å². The SMILES string of the molecule is CCC(c1cccc(CC=O)c1)c1ccnc2cc(OC)c(OC)cc12. The third-order valence-corrected chi connectivity index (χ3v) is 4.74. The number of carbonyl (C=O) groups excluding carboxylic acids is 1. The highest BCUT2D eigenvalue weighted by molar-refractivity contribution is 5.86. The average molecular weight is 349 g/mol. The number of aromatic nitrogens is 1. The molecule has 1 aromatic heterocycles. The second kappa shape index (κ2) is 8.00. The zero-order chi connectivity index (χ0) is 18.5. The average Bonchev–Trinajstić information content (AvgIpc) is 2.68. The summed E-state index contributed by atoms with van der Waals surface area (Å²) < 4.78 is 10.9. The largest absolute Gasteiger partial charge is 0.493 e. The lowest BCUT2D eigenvalue weighted by Gasteiger charge is -2.19. The molecule has 0 radical (unpaired) electrons. The number of pyridine rings is 1. The van der Waals surface area contributed by atoms with E-state index in [1.807, 2.05) is 30.5 Å². The second-order valence-electron chi connectivity index (χ2n) is 6.20. The molecule has 0 aliphatic carbocycles. The van der Waals surface area contributed by atoms with E-state index in [1.165, 1.54) is 11.1 Å². The lowest BCUT2D eigenvalue weighted by Crippen LogP contribution is -2.03. The second-order valence-corrected chi connectivity index (χ2v) is 6.20. The Hall–Kier alpha value is -2.88. The summed E-state index contributed by atoms with van der Waals surface area (Å²) >= 11 is 0. The third kappa shape index (κ3) is 3.40. The Morgan fingerprint density at radius 2 is 1.85 bits per heavy atom. The number of carbonyl (C=O) groups is 1. The van der Waals surface area contributed by atoms with E-state index in [2.05, 4.69) is 30.1 Å². The molecule has 0 N–H and O–H groups in total. The Morgan fingerprint density at radius 3 is 2.54 bits per heavy atom. The van der Waals surface area contributed by atoms with Crippen LogP contribution in [-0.2, 0) is 11.2 Å². The van der Waals surface area contributed by atoms with Crippen molar-refractivity contribution in [2.45, 2.75) is 25.7 Å². The normalized spacial score (nSPS) is 12.0. The van der Waals surface area contributed by atoms with Crippen LogP contribution in [0.15, 0.2) is 48.7 Å². The van der Waals surface area contributed by atoms with Crippen LogP contribution in [-0.4, -0.2) is 25.5 Å². The predicted molar refractivity (Wildman–Crippen MR) is 103 cm³/mol. The molecular weight excluding hydrogens is 326 g/mol. The lowest BCUT2D eigenvalue weighted by molar-refractivity contribution is -0.107. The number of fused-ring (bicyclic) bond motifs is 1. The molecule has 4 heteroatoms. The molecule has 3 rings (SSSR count). The topological polar surface area (TPSA) is 48.4 Å². The molecular formula is C22H23NO3. The van der Waals surface area contributed by atoms with E-state index in [-0.39, 0.29) is 5.92 Å². The third-order valence-electron chi connectivity index (χ3n) is 4.74. The summed E-state index contributed by atoms with van der Waals surface area (Å²) in [5.74, 6) is 1.58. The van der Waals surface area contributed by atoms with Gasteiger partial charge in [0.25, 0.3) is 0 Å². The minimum atomic E-state index is 0.213. The minimum absolute atomic E-state index is 0.213. The van der Waals surface area contributed by atoms with E-state index in [9.17, 15) is 4.79 Å². The number of ether oxygens (including phenoxy) is 2. The molecule has 0 amide bonds. The van der Waals surface area contributed by atoms with Gasteiger partial charge in [-0.25, -0.2) is 0 Å². The van der Waals surface area contributed by atoms with Gasteiger partial charge in [-0.15, -0.1) is 0 Å². The lowest BCUT2D eigenvalue weighted by atomic mass is 9.86. The minimum Gasteiger partial charge on any atom is -0.493 e. The smallest absolute Gasteiger partial charge is 0.162 e. The maximum atomic E-state index is 10.9. The molecule has 1 unspecified atom stereocenters. The first kappa shape index (κ1) is 17.9. The highest BCUT2D eigenvalue weighted by Crippen LogP contribution is 2.37. The Balaban J connectivity index is 2.15. The summed E-state index contributed by atoms with van der Waals surface area (Å²) in [4.78, 5) is 15.4. The molecule has 3 aromatic rings. The Kier molecular flexibility index (Phi) is 5.52. The van der Waals surface area contributed by atoms with Crippen molar-refractivity contribution in [1.29, 1.82) is 0 Å². The van der Waals surface area contributed by atoms with Crippen LogP contribution >= 0.6 is 0 Å². The van der Waals surface area contributed by atoms with E-state index in [0.717, 1.165) is 29.2 Å². The molecule has 2 aromatic carbocycles. The number of methoxy groups -OCH3 is 2. The Morgan fingerprint density at radius 1 is 1.08 bits per heavy atom. The first-order valence-corrected chi connectivity index (χ1v) is 8.74. The van der Waals surface area contributed by atoms with Crippen LogP contribution in [0, 0.1) is 0 Å². The fourth-order valence-corrected chi connectivity index (χ4v) is 3.47. The van der Waals surface area contributed by atoms with E-state index in [4.69, 9.17) is 9.47 Å². The van der Waals surface area contributed by atoms with E-state index < -0.39 is 0 Å². The van der Waals surface area contributed by atoms with E-state index >= 15 is 0 Å². The van der Waals surface area contributed by atoms with Crippen LogP contribution in [0.3, 0.4) is 0 Å². The molecule has 26 heavy (non-hydrogen) atoms. The molecule has 0 saturated carbocycles. The van der Waals surface area contributed by atoms with Gasteiger partial charge in [0.15, 0.2) is 11.5 Å². The molecule has 1 atom stereocenters. The number of hydrogen-bond acceptors (Lipinski definition) is 4. The van der Waals surface area contributed by atoms with Crippen LogP contribution in [0.1, 0.15) is 36.0 Å². The van der Waals surface area contributed by atoms with Gasteiger partial charge in [0.1, 0.15) is 6.29 Å². The molecule has 0 aliphatic heterocycles. The number of aldehydes is 1. The highest BCUT2D eigenvalue weighted by atomic mass is 16.5. The van der Waals surface area contributed by atoms with Gasteiger partial charge in [0.2, 0.25) is 0 Å². The van der Waals surface area contributed by atoms with Gasteiger partial charge >= 0.3 is 0 Å². The zero-order valence-electron chi connectivity index (χ0n) is 15.4. The van der Waals surface area contributed by atoms with Crippen molar-refractivity contribution in [3.05, 3.63) is 65.4 Å². The zero-order valence-corrected chi connectivity index (χ0v) is 15.4. The van der Waals surface area contributed by atoms with Crippen LogP contribution in [0.5, 0.6) is 11.5 Å². The summed E-state index contributed by atoms with van der Waals surface area (Å²) in [6, 6.07) is 14.2. The van der Waals surface area contributed by atoms with Crippen molar-refractivity contribution >= 4 is 17.2 Å². The van der Waals surface area contributed by atoms with Gasteiger partial charge in [-0.1, -0.05) is 31.2 Å². The number of hydrogen-bond donors (Lipinski definition) is 0. The van der Waals surface area contributed by atoms with Gasteiger partial charge in [-0.3, -0.25) is 4.98 Å². The van der Waals surface area contributed by atoms with Gasteiger partial charge in [0.05, 0.1) is 19.7 Å². The van der Waals surface area contributed by atoms with Gasteiger partial charge in [0, 0.05) is 30.0 Å². The Bertz CT molecular complexity index is 920. The molecule has 0 aliphatic rings. The fourth-order valence-electron chi connectivity index (χ4n) is 3.47. The number of benzene rings is 2. The summed E-state index contributed by atoms with van der Waals surface area (Å²) in [6.45, 7) is 2.17. The Labute approximate surface area is 153 Å². The maximum absolute atomic E-state index is 10.9. The van der Waals surface area contributed by atoms with Gasteiger partial charge < -0.3 is 14.3 Å². The molecule has 134 valence electrons. The fraction of sp³-hybridized carbons (Fsp3) is 0.273. The number of nitrogens with zero attached hydrogens (tertiary/aromatic N) is 1. The molecule has 1 heterocycles. The summed E-state index contributed by atoms with van der Waals surface area (Å²) in [6.07, 6.45) is 4.16. The summed E-state index contributed by atoms with van der Waals surface area (Å²) in [7, 11) is 3.26. The van der Waals surface area contributed by atoms with E-state index in [0.29, 0.717) is 17.9 Å². The molecule has 0 bridgehead atoms. The van der Waals surface area contributed by atoms with E-state index in [1.54, 1.807) is 14.2 Å².